The van der Waals surface area contributed by atoms with E-state index in [0.29, 0.717) is 17.2 Å². The molecule has 0 bridgehead atoms. The second kappa shape index (κ2) is 6.75. The van der Waals surface area contributed by atoms with Gasteiger partial charge in [0.05, 0.1) is 5.75 Å². The van der Waals surface area contributed by atoms with E-state index in [0.717, 1.165) is 0 Å². The van der Waals surface area contributed by atoms with Crippen molar-refractivity contribution in [3.63, 3.8) is 0 Å². The molecule has 0 saturated carbocycles. The van der Waals surface area contributed by atoms with E-state index in [1.54, 1.807) is 24.3 Å². The maximum absolute atomic E-state index is 11.3. The van der Waals surface area contributed by atoms with Crippen LogP contribution in [0, 0.1) is 11.3 Å². The number of rotatable bonds is 5. The molecule has 1 N–H and O–H groups in total. The maximum Gasteiger partial charge on any atom is 0.234 e. The molecule has 0 aliphatic heterocycles. The highest BCUT2D eigenvalue weighted by Crippen LogP contribution is 2.17. The first kappa shape index (κ1) is 12.4. The van der Waals surface area contributed by atoms with Gasteiger partial charge in [-0.25, -0.2) is 0 Å². The Hall–Kier alpha value is -1.67. The molecule has 1 rings (SSSR count). The number of hydrogen-bond donors (Lipinski definition) is 1. The Bertz CT molecular complexity index is 401. The number of carbonyl (C=O) groups is 1. The number of ether oxygens (including phenoxy) is 1. The minimum absolute atomic E-state index is 0.00219. The molecule has 1 amide bonds. The number of nitriles is 1. The van der Waals surface area contributed by atoms with E-state index < -0.39 is 0 Å². The second-order valence-electron chi connectivity index (χ2n) is 2.96. The Morgan fingerprint density at radius 1 is 1.62 bits per heavy atom. The molecule has 0 aliphatic rings. The molecule has 0 fully saturated rings. The van der Waals surface area contributed by atoms with Gasteiger partial charge in [-0.05, 0) is 18.4 Å². The summed E-state index contributed by atoms with van der Waals surface area (Å²) in [5, 5.41) is 11.1. The fourth-order valence-corrected chi connectivity index (χ4v) is 1.44. The lowest BCUT2D eigenvalue weighted by Crippen LogP contribution is -2.13. The number of nitrogens with one attached hydrogen (secondary N) is 1. The average molecular weight is 236 g/mol. The summed E-state index contributed by atoms with van der Waals surface area (Å²) in [5.74, 6) is 0.942. The van der Waals surface area contributed by atoms with E-state index in [1.165, 1.54) is 11.8 Å². The minimum Gasteiger partial charge on any atom is -0.479 e. The standard InChI is InChI=1S/C11H12N2O2S/c1-16-8-11(14)13-9-3-2-4-10(7-9)15-6-5-12/h2-4,7H,6,8H2,1H3,(H,13,14). The third-order valence-electron chi connectivity index (χ3n) is 1.70. The van der Waals surface area contributed by atoms with Crippen molar-refractivity contribution in [2.24, 2.45) is 0 Å². The van der Waals surface area contributed by atoms with Crippen LogP contribution >= 0.6 is 11.8 Å². The van der Waals surface area contributed by atoms with Crippen molar-refractivity contribution in [3.05, 3.63) is 24.3 Å². The normalized spacial score (nSPS) is 9.25. The zero-order valence-electron chi connectivity index (χ0n) is 8.90. The Kier molecular flexibility index (Phi) is 5.23. The van der Waals surface area contributed by atoms with Crippen molar-refractivity contribution < 1.29 is 9.53 Å². The average Bonchev–Trinajstić information content (AvgIpc) is 2.27. The van der Waals surface area contributed by atoms with Crippen molar-refractivity contribution >= 4 is 23.4 Å². The number of carbonyl (C=O) groups excluding carboxylic acids is 1. The molecule has 0 heterocycles. The number of thioether (sulfide) groups is 1. The zero-order valence-corrected chi connectivity index (χ0v) is 9.71. The quantitative estimate of drug-likeness (QED) is 0.848. The Morgan fingerprint density at radius 3 is 3.12 bits per heavy atom. The Labute approximate surface area is 98.6 Å². The summed E-state index contributed by atoms with van der Waals surface area (Å²) < 4.78 is 5.12. The van der Waals surface area contributed by atoms with Gasteiger partial charge in [-0.3, -0.25) is 4.79 Å². The molecule has 4 nitrogen and oxygen atoms in total. The summed E-state index contributed by atoms with van der Waals surface area (Å²) in [6, 6.07) is 8.85. The second-order valence-corrected chi connectivity index (χ2v) is 3.82. The predicted octanol–water partition coefficient (Wildman–Crippen LogP) is 1.89. The summed E-state index contributed by atoms with van der Waals surface area (Å²) in [5.41, 5.74) is 0.675. The van der Waals surface area contributed by atoms with E-state index >= 15 is 0 Å². The third-order valence-corrected chi connectivity index (χ3v) is 2.25. The van der Waals surface area contributed by atoms with Gasteiger partial charge in [-0.15, -0.1) is 0 Å². The highest BCUT2D eigenvalue weighted by molar-refractivity contribution is 7.99. The monoisotopic (exact) mass is 236 g/mol. The van der Waals surface area contributed by atoms with Gasteiger partial charge in [-0.1, -0.05) is 6.07 Å². The Morgan fingerprint density at radius 2 is 2.44 bits per heavy atom. The van der Waals surface area contributed by atoms with Crippen LogP contribution in [0.15, 0.2) is 24.3 Å². The fraction of sp³-hybridized carbons (Fsp3) is 0.273. The predicted molar refractivity (Wildman–Crippen MR) is 64.6 cm³/mol. The number of hydrogen-bond acceptors (Lipinski definition) is 4. The summed E-state index contributed by atoms with van der Waals surface area (Å²) in [4.78, 5) is 11.3. The Balaban J connectivity index is 2.60. The van der Waals surface area contributed by atoms with Crippen LogP contribution in [0.25, 0.3) is 0 Å². The zero-order chi connectivity index (χ0) is 11.8. The van der Waals surface area contributed by atoms with E-state index in [2.05, 4.69) is 5.32 Å². The van der Waals surface area contributed by atoms with Crippen molar-refractivity contribution in [1.29, 1.82) is 5.26 Å². The molecule has 0 radical (unpaired) electrons. The van der Waals surface area contributed by atoms with Crippen molar-refractivity contribution in [2.45, 2.75) is 0 Å². The van der Waals surface area contributed by atoms with Crippen LogP contribution < -0.4 is 10.1 Å². The summed E-state index contributed by atoms with van der Waals surface area (Å²) in [6.45, 7) is 0.00219. The minimum atomic E-state index is -0.0510. The number of benzene rings is 1. The number of nitrogens with zero attached hydrogens (tertiary/aromatic N) is 1. The molecule has 0 aliphatic carbocycles. The van der Waals surface area contributed by atoms with Crippen LogP contribution in [-0.4, -0.2) is 24.5 Å². The van der Waals surface area contributed by atoms with Crippen molar-refractivity contribution in [2.75, 3.05) is 23.9 Å². The van der Waals surface area contributed by atoms with Gasteiger partial charge in [0.2, 0.25) is 5.91 Å². The van der Waals surface area contributed by atoms with Crippen LogP contribution in [0.3, 0.4) is 0 Å². The molecule has 0 spiro atoms. The molecule has 1 aromatic carbocycles. The van der Waals surface area contributed by atoms with Crippen molar-refractivity contribution in [1.82, 2.24) is 0 Å². The van der Waals surface area contributed by atoms with Crippen LogP contribution in [0.5, 0.6) is 5.75 Å². The summed E-state index contributed by atoms with van der Waals surface area (Å²) in [6.07, 6.45) is 1.87. The molecular formula is C11H12N2O2S. The van der Waals surface area contributed by atoms with Gasteiger partial charge in [-0.2, -0.15) is 17.0 Å². The van der Waals surface area contributed by atoms with Gasteiger partial charge in [0, 0.05) is 11.8 Å². The third kappa shape index (κ3) is 4.24. The molecule has 1 aromatic rings. The highest BCUT2D eigenvalue weighted by Gasteiger charge is 2.01. The summed E-state index contributed by atoms with van der Waals surface area (Å²) in [7, 11) is 0. The van der Waals surface area contributed by atoms with Crippen LogP contribution in [0.2, 0.25) is 0 Å². The van der Waals surface area contributed by atoms with Crippen LogP contribution in [-0.2, 0) is 4.79 Å². The lowest BCUT2D eigenvalue weighted by Gasteiger charge is -2.06. The molecule has 16 heavy (non-hydrogen) atoms. The lowest BCUT2D eigenvalue weighted by atomic mass is 10.3. The number of anilines is 1. The van der Waals surface area contributed by atoms with Gasteiger partial charge < -0.3 is 10.1 Å². The fourth-order valence-electron chi connectivity index (χ4n) is 1.11. The molecule has 0 unspecified atom stereocenters. The first-order valence-corrected chi connectivity index (χ1v) is 6.04. The molecule has 5 heteroatoms. The largest absolute Gasteiger partial charge is 0.479 e. The topological polar surface area (TPSA) is 62.1 Å². The molecule has 84 valence electrons. The number of amides is 1. The first-order valence-electron chi connectivity index (χ1n) is 4.65. The smallest absolute Gasteiger partial charge is 0.234 e. The lowest BCUT2D eigenvalue weighted by molar-refractivity contribution is -0.113. The van der Waals surface area contributed by atoms with E-state index in [1.807, 2.05) is 12.3 Å². The van der Waals surface area contributed by atoms with Crippen LogP contribution in [0.4, 0.5) is 5.69 Å². The summed E-state index contributed by atoms with van der Waals surface area (Å²) >= 11 is 1.46. The van der Waals surface area contributed by atoms with Gasteiger partial charge in [0.1, 0.15) is 11.8 Å². The molecular weight excluding hydrogens is 224 g/mol. The van der Waals surface area contributed by atoms with Gasteiger partial charge in [0.15, 0.2) is 6.61 Å². The van der Waals surface area contributed by atoms with E-state index in [4.69, 9.17) is 10.00 Å². The van der Waals surface area contributed by atoms with Crippen LogP contribution in [0.1, 0.15) is 0 Å². The van der Waals surface area contributed by atoms with E-state index in [9.17, 15) is 4.79 Å². The molecule has 0 atom stereocenters. The van der Waals surface area contributed by atoms with Gasteiger partial charge >= 0.3 is 0 Å². The van der Waals surface area contributed by atoms with Crippen molar-refractivity contribution in [3.8, 4) is 11.8 Å². The first-order chi connectivity index (χ1) is 7.76. The van der Waals surface area contributed by atoms with E-state index in [-0.39, 0.29) is 12.5 Å². The van der Waals surface area contributed by atoms with Gasteiger partial charge in [0.25, 0.3) is 0 Å². The maximum atomic E-state index is 11.3. The molecule has 0 saturated heterocycles. The highest BCUT2D eigenvalue weighted by atomic mass is 32.2. The molecule has 0 aromatic heterocycles. The SMILES string of the molecule is CSCC(=O)Nc1cccc(OCC#N)c1.